The number of hydrogen-bond donors (Lipinski definition) is 0. The van der Waals surface area contributed by atoms with Crippen LogP contribution in [-0.2, 0) is 25.9 Å². The Labute approximate surface area is 123 Å². The van der Waals surface area contributed by atoms with Crippen LogP contribution in [-0.4, -0.2) is 26.3 Å². The average Bonchev–Trinajstić information content (AvgIpc) is 3.01. The van der Waals surface area contributed by atoms with Crippen molar-refractivity contribution in [3.63, 3.8) is 0 Å². The molecule has 0 radical (unpaired) electrons. The lowest BCUT2D eigenvalue weighted by Gasteiger charge is -2.29. The van der Waals surface area contributed by atoms with Gasteiger partial charge in [-0.05, 0) is 37.3 Å². The molecule has 2 aromatic rings. The van der Waals surface area contributed by atoms with E-state index in [0.717, 1.165) is 37.6 Å². The second-order valence-corrected chi connectivity index (χ2v) is 5.65. The molecule has 0 saturated heterocycles. The molecule has 0 spiro atoms. The molecule has 1 aliphatic carbocycles. The van der Waals surface area contributed by atoms with Crippen LogP contribution in [0.3, 0.4) is 0 Å². The van der Waals surface area contributed by atoms with Gasteiger partial charge in [0.15, 0.2) is 5.82 Å². The van der Waals surface area contributed by atoms with E-state index in [9.17, 15) is 5.26 Å². The molecule has 1 aliphatic heterocycles. The molecule has 0 N–H and O–H groups in total. The number of hydrogen-bond acceptors (Lipinski definition) is 5. The standard InChI is InChI=1S/C15H16N6/c16-8-12-7-11-3-1-2-4-13(11)18-15(12)20-5-6-21-10-17-19-14(21)9-20/h7,10H,1-6,9H2. The molecule has 2 aromatic heterocycles. The van der Waals surface area contributed by atoms with Crippen molar-refractivity contribution < 1.29 is 0 Å². The molecule has 21 heavy (non-hydrogen) atoms. The number of aromatic nitrogens is 4. The van der Waals surface area contributed by atoms with Crippen molar-refractivity contribution in [3.8, 4) is 6.07 Å². The largest absolute Gasteiger partial charge is 0.346 e. The van der Waals surface area contributed by atoms with Crippen LogP contribution < -0.4 is 4.90 Å². The smallest absolute Gasteiger partial charge is 0.152 e. The normalized spacial score (nSPS) is 17.0. The number of nitriles is 1. The Hall–Kier alpha value is -2.42. The first-order valence-corrected chi connectivity index (χ1v) is 7.39. The zero-order valence-electron chi connectivity index (χ0n) is 11.8. The minimum Gasteiger partial charge on any atom is -0.346 e. The number of anilines is 1. The summed E-state index contributed by atoms with van der Waals surface area (Å²) in [5.74, 6) is 1.75. The average molecular weight is 280 g/mol. The lowest BCUT2D eigenvalue weighted by atomic mass is 9.95. The van der Waals surface area contributed by atoms with Crippen molar-refractivity contribution in [2.24, 2.45) is 0 Å². The minimum absolute atomic E-state index is 0.667. The number of pyridine rings is 1. The van der Waals surface area contributed by atoms with Crippen LogP contribution in [0, 0.1) is 11.3 Å². The Kier molecular flexibility index (Phi) is 2.85. The van der Waals surface area contributed by atoms with E-state index in [1.807, 2.05) is 6.07 Å². The highest BCUT2D eigenvalue weighted by molar-refractivity contribution is 5.56. The van der Waals surface area contributed by atoms with Gasteiger partial charge in [0.25, 0.3) is 0 Å². The SMILES string of the molecule is N#Cc1cc2c(nc1N1CCn3cnnc3C1)CCCC2. The molecule has 0 amide bonds. The monoisotopic (exact) mass is 280 g/mol. The van der Waals surface area contributed by atoms with Gasteiger partial charge in [0.1, 0.15) is 18.2 Å². The molecule has 0 fully saturated rings. The molecule has 0 bridgehead atoms. The van der Waals surface area contributed by atoms with Crippen molar-refractivity contribution in [2.75, 3.05) is 11.4 Å². The highest BCUT2D eigenvalue weighted by Crippen LogP contribution is 2.28. The van der Waals surface area contributed by atoms with Crippen molar-refractivity contribution in [1.82, 2.24) is 19.7 Å². The van der Waals surface area contributed by atoms with Crippen molar-refractivity contribution >= 4 is 5.82 Å². The zero-order chi connectivity index (χ0) is 14.2. The molecule has 6 heteroatoms. The summed E-state index contributed by atoms with van der Waals surface area (Å²) in [5, 5.41) is 17.5. The van der Waals surface area contributed by atoms with Crippen LogP contribution in [0.5, 0.6) is 0 Å². The summed E-state index contributed by atoms with van der Waals surface area (Å²) >= 11 is 0. The maximum absolute atomic E-state index is 9.46. The molecule has 0 saturated carbocycles. The van der Waals surface area contributed by atoms with Gasteiger partial charge >= 0.3 is 0 Å². The summed E-state index contributed by atoms with van der Waals surface area (Å²) in [6, 6.07) is 4.35. The fraction of sp³-hybridized carbons (Fsp3) is 0.467. The van der Waals surface area contributed by atoms with Gasteiger partial charge in [-0.15, -0.1) is 10.2 Å². The highest BCUT2D eigenvalue weighted by atomic mass is 15.3. The molecule has 3 heterocycles. The first-order chi connectivity index (χ1) is 10.3. The van der Waals surface area contributed by atoms with Crippen molar-refractivity contribution in [1.29, 1.82) is 5.26 Å². The van der Waals surface area contributed by atoms with Gasteiger partial charge in [0.2, 0.25) is 0 Å². The number of aryl methyl sites for hydroxylation is 2. The van der Waals surface area contributed by atoms with Gasteiger partial charge < -0.3 is 9.47 Å². The molecule has 0 unspecified atom stereocenters. The van der Waals surface area contributed by atoms with Crippen LogP contribution in [0.2, 0.25) is 0 Å². The Bertz CT molecular complexity index is 726. The first-order valence-electron chi connectivity index (χ1n) is 7.39. The van der Waals surface area contributed by atoms with Gasteiger partial charge in [0, 0.05) is 18.8 Å². The molecular formula is C15H16N6. The quantitative estimate of drug-likeness (QED) is 0.790. The third-order valence-electron chi connectivity index (χ3n) is 4.34. The molecule has 0 aromatic carbocycles. The predicted molar refractivity (Wildman–Crippen MR) is 76.7 cm³/mol. The van der Waals surface area contributed by atoms with E-state index < -0.39 is 0 Å². The van der Waals surface area contributed by atoms with Crippen LogP contribution in [0.25, 0.3) is 0 Å². The van der Waals surface area contributed by atoms with E-state index in [0.29, 0.717) is 12.1 Å². The van der Waals surface area contributed by atoms with Gasteiger partial charge in [-0.1, -0.05) is 0 Å². The van der Waals surface area contributed by atoms with Crippen molar-refractivity contribution in [2.45, 2.75) is 38.8 Å². The summed E-state index contributed by atoms with van der Waals surface area (Å²) < 4.78 is 2.06. The van der Waals surface area contributed by atoms with E-state index in [4.69, 9.17) is 4.98 Å². The Morgan fingerprint density at radius 3 is 3.00 bits per heavy atom. The topological polar surface area (TPSA) is 70.6 Å². The van der Waals surface area contributed by atoms with E-state index in [1.54, 1.807) is 6.33 Å². The molecule has 4 rings (SSSR count). The van der Waals surface area contributed by atoms with Gasteiger partial charge in [-0.2, -0.15) is 5.26 Å². The minimum atomic E-state index is 0.667. The second kappa shape index (κ2) is 4.85. The fourth-order valence-electron chi connectivity index (χ4n) is 3.19. The van der Waals surface area contributed by atoms with E-state index in [-0.39, 0.29) is 0 Å². The second-order valence-electron chi connectivity index (χ2n) is 5.65. The van der Waals surface area contributed by atoms with Crippen LogP contribution >= 0.6 is 0 Å². The molecular weight excluding hydrogens is 264 g/mol. The fourth-order valence-corrected chi connectivity index (χ4v) is 3.19. The summed E-state index contributed by atoms with van der Waals surface area (Å²) in [6.07, 6.45) is 6.23. The maximum atomic E-state index is 9.46. The Morgan fingerprint density at radius 2 is 2.10 bits per heavy atom. The first kappa shape index (κ1) is 12.3. The summed E-state index contributed by atoms with van der Waals surface area (Å²) in [7, 11) is 0. The van der Waals surface area contributed by atoms with Crippen LogP contribution in [0.4, 0.5) is 5.82 Å². The van der Waals surface area contributed by atoms with Gasteiger partial charge in [-0.25, -0.2) is 4.98 Å². The molecule has 106 valence electrons. The Morgan fingerprint density at radius 1 is 1.19 bits per heavy atom. The third kappa shape index (κ3) is 2.05. The predicted octanol–water partition coefficient (Wildman–Crippen LogP) is 1.44. The number of fused-ring (bicyclic) bond motifs is 2. The number of rotatable bonds is 1. The maximum Gasteiger partial charge on any atom is 0.152 e. The summed E-state index contributed by atoms with van der Waals surface area (Å²) in [4.78, 5) is 6.96. The summed E-state index contributed by atoms with van der Waals surface area (Å²) in [5.41, 5.74) is 3.10. The van der Waals surface area contributed by atoms with Gasteiger partial charge in [-0.3, -0.25) is 0 Å². The summed E-state index contributed by atoms with van der Waals surface area (Å²) in [6.45, 7) is 2.35. The molecule has 6 nitrogen and oxygen atoms in total. The third-order valence-corrected chi connectivity index (χ3v) is 4.34. The Balaban J connectivity index is 1.73. The highest BCUT2D eigenvalue weighted by Gasteiger charge is 2.23. The molecule has 0 atom stereocenters. The van der Waals surface area contributed by atoms with Crippen LogP contribution in [0.15, 0.2) is 12.4 Å². The molecule has 2 aliphatic rings. The lowest BCUT2D eigenvalue weighted by Crippen LogP contribution is -2.35. The van der Waals surface area contributed by atoms with E-state index in [1.165, 1.54) is 24.1 Å². The van der Waals surface area contributed by atoms with Gasteiger partial charge in [0.05, 0.1) is 12.1 Å². The van der Waals surface area contributed by atoms with E-state index in [2.05, 4.69) is 25.7 Å². The van der Waals surface area contributed by atoms with Crippen molar-refractivity contribution in [3.05, 3.63) is 35.0 Å². The lowest BCUT2D eigenvalue weighted by molar-refractivity contribution is 0.553. The zero-order valence-corrected chi connectivity index (χ0v) is 11.8. The van der Waals surface area contributed by atoms with Crippen LogP contribution in [0.1, 0.15) is 35.5 Å². The van der Waals surface area contributed by atoms with E-state index >= 15 is 0 Å². The number of nitrogens with zero attached hydrogens (tertiary/aromatic N) is 6.